The fourth-order valence-corrected chi connectivity index (χ4v) is 1.70. The average molecular weight is 236 g/mol. The van der Waals surface area contributed by atoms with Gasteiger partial charge in [0.05, 0.1) is 7.11 Å². The van der Waals surface area contributed by atoms with Gasteiger partial charge in [-0.3, -0.25) is 0 Å². The molecule has 1 aromatic carbocycles. The highest BCUT2D eigenvalue weighted by Gasteiger charge is 2.42. The highest BCUT2D eigenvalue weighted by Crippen LogP contribution is 2.20. The number of esters is 1. The van der Waals surface area contributed by atoms with Gasteiger partial charge in [-0.2, -0.15) is 0 Å². The van der Waals surface area contributed by atoms with E-state index in [0.717, 1.165) is 5.56 Å². The van der Waals surface area contributed by atoms with Gasteiger partial charge in [-0.05, 0) is 5.56 Å². The zero-order chi connectivity index (χ0) is 12.3. The Labute approximate surface area is 98.3 Å². The molecule has 5 nitrogen and oxygen atoms in total. The van der Waals surface area contributed by atoms with Crippen LogP contribution in [0.3, 0.4) is 0 Å². The molecule has 0 amide bonds. The van der Waals surface area contributed by atoms with E-state index in [1.165, 1.54) is 7.11 Å². The van der Waals surface area contributed by atoms with E-state index < -0.39 is 24.3 Å². The molecule has 1 heterocycles. The number of carbonyl (C=O) groups is 2. The van der Waals surface area contributed by atoms with Gasteiger partial charge in [0.25, 0.3) is 0 Å². The number of ether oxygens (including phenoxy) is 3. The van der Waals surface area contributed by atoms with Crippen LogP contribution in [0.2, 0.25) is 0 Å². The van der Waals surface area contributed by atoms with Gasteiger partial charge < -0.3 is 14.2 Å². The second-order valence-electron chi connectivity index (χ2n) is 3.66. The first-order chi connectivity index (χ1) is 8.20. The Balaban J connectivity index is 2.08. The third kappa shape index (κ3) is 2.55. The van der Waals surface area contributed by atoms with Crippen LogP contribution < -0.4 is 0 Å². The van der Waals surface area contributed by atoms with Crippen LogP contribution in [0.15, 0.2) is 30.3 Å². The predicted molar refractivity (Wildman–Crippen MR) is 57.3 cm³/mol. The van der Waals surface area contributed by atoms with Gasteiger partial charge in [0.15, 0.2) is 6.10 Å². The monoisotopic (exact) mass is 236 g/mol. The van der Waals surface area contributed by atoms with Gasteiger partial charge in [0.1, 0.15) is 0 Å². The Morgan fingerprint density at radius 2 is 2.00 bits per heavy atom. The van der Waals surface area contributed by atoms with E-state index in [4.69, 9.17) is 9.47 Å². The van der Waals surface area contributed by atoms with Crippen LogP contribution in [-0.2, 0) is 25.4 Å². The summed E-state index contributed by atoms with van der Waals surface area (Å²) in [6.45, 7) is 0. The van der Waals surface area contributed by atoms with Crippen molar-refractivity contribution in [3.05, 3.63) is 35.9 Å². The van der Waals surface area contributed by atoms with Crippen LogP contribution >= 0.6 is 0 Å². The Bertz CT molecular complexity index is 414. The highest BCUT2D eigenvalue weighted by atomic mass is 16.8. The first-order valence-corrected chi connectivity index (χ1v) is 5.19. The fraction of sp³-hybridized carbons (Fsp3) is 0.333. The number of benzene rings is 1. The van der Waals surface area contributed by atoms with E-state index in [0.29, 0.717) is 6.42 Å². The summed E-state index contributed by atoms with van der Waals surface area (Å²) in [5.41, 5.74) is 0.963. The topological polar surface area (TPSA) is 61.8 Å². The second kappa shape index (κ2) is 4.86. The van der Waals surface area contributed by atoms with Crippen LogP contribution in [-0.4, -0.2) is 31.4 Å². The maximum Gasteiger partial charge on any atom is 0.509 e. The Morgan fingerprint density at radius 3 is 2.65 bits per heavy atom. The van der Waals surface area contributed by atoms with Gasteiger partial charge in [-0.1, -0.05) is 30.3 Å². The normalized spacial score (nSPS) is 22.8. The molecular formula is C12H12O5. The van der Waals surface area contributed by atoms with E-state index in [-0.39, 0.29) is 0 Å². The first kappa shape index (κ1) is 11.4. The van der Waals surface area contributed by atoms with Crippen molar-refractivity contribution in [2.75, 3.05) is 7.11 Å². The molecular weight excluding hydrogens is 224 g/mol. The van der Waals surface area contributed by atoms with Crippen LogP contribution in [0.25, 0.3) is 0 Å². The molecule has 0 aromatic heterocycles. The molecule has 1 aliphatic heterocycles. The lowest BCUT2D eigenvalue weighted by Crippen LogP contribution is -2.33. The smallest absolute Gasteiger partial charge is 0.466 e. The van der Waals surface area contributed by atoms with Gasteiger partial charge in [-0.25, -0.2) is 9.59 Å². The summed E-state index contributed by atoms with van der Waals surface area (Å²) in [5.74, 6) is -0.600. The molecule has 5 heteroatoms. The molecule has 0 saturated carbocycles. The molecule has 2 unspecified atom stereocenters. The van der Waals surface area contributed by atoms with Crippen LogP contribution in [0, 0.1) is 0 Å². The molecule has 0 radical (unpaired) electrons. The van der Waals surface area contributed by atoms with Crippen molar-refractivity contribution < 1.29 is 23.8 Å². The molecule has 0 bridgehead atoms. The SMILES string of the molecule is COC(=O)C1OC(=O)OC1Cc1ccccc1. The predicted octanol–water partition coefficient (Wildman–Crippen LogP) is 1.31. The third-order valence-electron chi connectivity index (χ3n) is 2.52. The minimum absolute atomic E-state index is 0.423. The quantitative estimate of drug-likeness (QED) is 0.740. The van der Waals surface area contributed by atoms with E-state index in [2.05, 4.69) is 4.74 Å². The fourth-order valence-electron chi connectivity index (χ4n) is 1.70. The standard InChI is InChI=1S/C12H12O5/c1-15-11(13)10-9(16-12(14)17-10)7-8-5-3-2-4-6-8/h2-6,9-10H,7H2,1H3. The highest BCUT2D eigenvalue weighted by molar-refractivity contribution is 5.80. The molecule has 2 rings (SSSR count). The lowest BCUT2D eigenvalue weighted by Gasteiger charge is -2.12. The summed E-state index contributed by atoms with van der Waals surface area (Å²) in [6, 6.07) is 9.42. The zero-order valence-electron chi connectivity index (χ0n) is 9.29. The largest absolute Gasteiger partial charge is 0.509 e. The molecule has 0 aliphatic carbocycles. The van der Waals surface area contributed by atoms with E-state index >= 15 is 0 Å². The molecule has 17 heavy (non-hydrogen) atoms. The van der Waals surface area contributed by atoms with Gasteiger partial charge >= 0.3 is 12.1 Å². The van der Waals surface area contributed by atoms with Crippen molar-refractivity contribution >= 4 is 12.1 Å². The molecule has 0 spiro atoms. The van der Waals surface area contributed by atoms with Crippen molar-refractivity contribution in [3.8, 4) is 0 Å². The number of hydrogen-bond acceptors (Lipinski definition) is 5. The van der Waals surface area contributed by atoms with Crippen LogP contribution in [0.5, 0.6) is 0 Å². The van der Waals surface area contributed by atoms with E-state index in [1.807, 2.05) is 30.3 Å². The maximum absolute atomic E-state index is 11.4. The van der Waals surface area contributed by atoms with Gasteiger partial charge in [-0.15, -0.1) is 0 Å². The summed E-state index contributed by atoms with van der Waals surface area (Å²) in [5, 5.41) is 0. The number of hydrogen-bond donors (Lipinski definition) is 0. The van der Waals surface area contributed by atoms with E-state index in [1.54, 1.807) is 0 Å². The lowest BCUT2D eigenvalue weighted by atomic mass is 10.0. The van der Waals surface area contributed by atoms with Crippen LogP contribution in [0.1, 0.15) is 5.56 Å². The minimum atomic E-state index is -0.979. The molecule has 90 valence electrons. The van der Waals surface area contributed by atoms with Crippen molar-refractivity contribution in [1.82, 2.24) is 0 Å². The molecule has 1 aliphatic rings. The third-order valence-corrected chi connectivity index (χ3v) is 2.52. The Morgan fingerprint density at radius 1 is 1.29 bits per heavy atom. The van der Waals surface area contributed by atoms with Crippen LogP contribution in [0.4, 0.5) is 4.79 Å². The Kier molecular flexibility index (Phi) is 3.27. The number of carbonyl (C=O) groups excluding carboxylic acids is 2. The summed E-state index contributed by atoms with van der Waals surface area (Å²) < 4.78 is 14.3. The summed E-state index contributed by atoms with van der Waals surface area (Å²) >= 11 is 0. The Hall–Kier alpha value is -2.04. The lowest BCUT2D eigenvalue weighted by molar-refractivity contribution is -0.150. The van der Waals surface area contributed by atoms with Gasteiger partial charge in [0.2, 0.25) is 6.10 Å². The zero-order valence-corrected chi connectivity index (χ0v) is 9.29. The van der Waals surface area contributed by atoms with Crippen molar-refractivity contribution in [2.45, 2.75) is 18.6 Å². The van der Waals surface area contributed by atoms with Gasteiger partial charge in [0, 0.05) is 6.42 Å². The van der Waals surface area contributed by atoms with Crippen molar-refractivity contribution in [1.29, 1.82) is 0 Å². The average Bonchev–Trinajstić information content (AvgIpc) is 2.70. The maximum atomic E-state index is 11.4. The summed E-state index contributed by atoms with van der Waals surface area (Å²) in [4.78, 5) is 22.4. The van der Waals surface area contributed by atoms with Crippen molar-refractivity contribution in [3.63, 3.8) is 0 Å². The molecule has 0 N–H and O–H groups in total. The molecule has 1 aromatic rings. The number of rotatable bonds is 3. The summed E-state index contributed by atoms with van der Waals surface area (Å²) in [7, 11) is 1.24. The minimum Gasteiger partial charge on any atom is -0.466 e. The summed E-state index contributed by atoms with van der Waals surface area (Å²) in [6.07, 6.45) is -2.02. The number of methoxy groups -OCH3 is 1. The molecule has 2 atom stereocenters. The number of cyclic esters (lactones) is 2. The van der Waals surface area contributed by atoms with E-state index in [9.17, 15) is 9.59 Å². The molecule has 1 fully saturated rings. The second-order valence-corrected chi connectivity index (χ2v) is 3.66. The molecule has 1 saturated heterocycles. The van der Waals surface area contributed by atoms with Crippen molar-refractivity contribution in [2.24, 2.45) is 0 Å². The first-order valence-electron chi connectivity index (χ1n) is 5.19.